The molecule has 3 aliphatic rings. The number of nitrogens with one attached hydrogen (secondary N) is 1. The highest BCUT2D eigenvalue weighted by Gasteiger charge is 2.41. The molecule has 0 radical (unpaired) electrons. The van der Waals surface area contributed by atoms with Gasteiger partial charge in [-0.1, -0.05) is 38.5 Å². The first kappa shape index (κ1) is 32.7. The maximum Gasteiger partial charge on any atom is 0.328 e. The van der Waals surface area contributed by atoms with Gasteiger partial charge in [0.2, 0.25) is 0 Å². The third-order valence-corrected chi connectivity index (χ3v) is 9.78. The number of hydrogen-bond acceptors (Lipinski definition) is 9. The molecule has 2 saturated heterocycles. The van der Waals surface area contributed by atoms with Gasteiger partial charge in [0.15, 0.2) is 17.8 Å². The topological polar surface area (TPSA) is 101 Å². The Morgan fingerprint density at radius 2 is 1.76 bits per heavy atom. The Morgan fingerprint density at radius 1 is 1.07 bits per heavy atom. The van der Waals surface area contributed by atoms with Crippen molar-refractivity contribution >= 4 is 35.1 Å². The summed E-state index contributed by atoms with van der Waals surface area (Å²) in [6.45, 7) is 18.4. The minimum Gasteiger partial charge on any atom is -0.467 e. The zero-order valence-corrected chi connectivity index (χ0v) is 27.5. The number of ether oxygens (including phenoxy) is 2. The van der Waals surface area contributed by atoms with Crippen molar-refractivity contribution in [2.75, 3.05) is 37.0 Å². The van der Waals surface area contributed by atoms with E-state index in [0.29, 0.717) is 24.6 Å². The average molecular weight is 617 g/mol. The Bertz CT molecular complexity index is 1380. The highest BCUT2D eigenvalue weighted by atomic mass is 16.6. The standard InChI is InChI=1S/C35H48N6O4/c1-34(2,3)45-29(42)22-24-10-9-19-41(30(24)33(43)44-6)28-23-37-31(36-5)32(39-28)38-26-15-13-25(14-16-26)35(4)17-20-40(21-18-35)27-11-7-8-12-27/h13-16,23-24,27,30H,7-12,17-22H2,1-4,6H3,(H,38,39). The van der Waals surface area contributed by atoms with Crippen molar-refractivity contribution in [1.29, 1.82) is 0 Å². The number of aromatic nitrogens is 2. The van der Waals surface area contributed by atoms with Gasteiger partial charge < -0.3 is 29.4 Å². The lowest BCUT2D eigenvalue weighted by atomic mass is 9.74. The van der Waals surface area contributed by atoms with E-state index in [1.54, 1.807) is 0 Å². The second-order valence-corrected chi connectivity index (χ2v) is 14.1. The van der Waals surface area contributed by atoms with E-state index in [1.807, 2.05) is 37.8 Å². The Labute approximate surface area is 267 Å². The lowest BCUT2D eigenvalue weighted by Crippen LogP contribution is -2.52. The quantitative estimate of drug-likeness (QED) is 0.261. The molecule has 10 heteroatoms. The molecule has 242 valence electrons. The average Bonchev–Trinajstić information content (AvgIpc) is 3.55. The van der Waals surface area contributed by atoms with Gasteiger partial charge in [-0.15, -0.1) is 4.98 Å². The maximum atomic E-state index is 13.1. The number of methoxy groups -OCH3 is 1. The number of rotatable bonds is 8. The highest BCUT2D eigenvalue weighted by Crippen LogP contribution is 2.39. The smallest absolute Gasteiger partial charge is 0.328 e. The van der Waals surface area contributed by atoms with Crippen LogP contribution in [0.15, 0.2) is 30.5 Å². The summed E-state index contributed by atoms with van der Waals surface area (Å²) < 4.78 is 10.7. The molecule has 1 aromatic carbocycles. The van der Waals surface area contributed by atoms with Crippen LogP contribution in [0.2, 0.25) is 0 Å². The fourth-order valence-corrected chi connectivity index (χ4v) is 7.29. The Morgan fingerprint density at radius 3 is 2.38 bits per heavy atom. The minimum atomic E-state index is -0.725. The number of carbonyl (C=O) groups excluding carboxylic acids is 2. The second-order valence-electron chi connectivity index (χ2n) is 14.1. The molecule has 0 bridgehead atoms. The number of nitrogens with zero attached hydrogens (tertiary/aromatic N) is 5. The number of piperidine rings is 2. The van der Waals surface area contributed by atoms with Crippen molar-refractivity contribution in [2.24, 2.45) is 5.92 Å². The fraction of sp³-hybridized carbons (Fsp3) is 0.629. The van der Waals surface area contributed by atoms with E-state index in [9.17, 15) is 9.59 Å². The molecule has 3 heterocycles. The second kappa shape index (κ2) is 13.7. The first-order valence-corrected chi connectivity index (χ1v) is 16.4. The van der Waals surface area contributed by atoms with Gasteiger partial charge in [0, 0.05) is 24.2 Å². The maximum absolute atomic E-state index is 13.1. The molecule has 45 heavy (non-hydrogen) atoms. The molecule has 1 N–H and O–H groups in total. The predicted molar refractivity (Wildman–Crippen MR) is 175 cm³/mol. The third kappa shape index (κ3) is 7.75. The molecule has 2 unspecified atom stereocenters. The van der Waals surface area contributed by atoms with Crippen LogP contribution in [0.1, 0.15) is 91.0 Å². The largest absolute Gasteiger partial charge is 0.467 e. The molecule has 3 fully saturated rings. The summed E-state index contributed by atoms with van der Waals surface area (Å²) in [5.74, 6) is -0.176. The Kier molecular flexibility index (Phi) is 9.97. The Hall–Kier alpha value is -3.71. The predicted octanol–water partition coefficient (Wildman–Crippen LogP) is 6.56. The van der Waals surface area contributed by atoms with E-state index in [1.165, 1.54) is 44.6 Å². The van der Waals surface area contributed by atoms with Gasteiger partial charge in [0.25, 0.3) is 0 Å². The summed E-state index contributed by atoms with van der Waals surface area (Å²) in [5, 5.41) is 3.30. The van der Waals surface area contributed by atoms with Crippen molar-refractivity contribution in [2.45, 2.75) is 109 Å². The molecule has 0 amide bonds. The molecule has 2 aliphatic heterocycles. The minimum absolute atomic E-state index is 0.0933. The number of hydrogen-bond donors (Lipinski definition) is 1. The van der Waals surface area contributed by atoms with Crippen molar-refractivity contribution in [3.05, 3.63) is 47.4 Å². The summed E-state index contributed by atoms with van der Waals surface area (Å²) in [7, 11) is 1.35. The van der Waals surface area contributed by atoms with Crippen LogP contribution in [-0.2, 0) is 24.5 Å². The monoisotopic (exact) mass is 616 g/mol. The number of likely N-dealkylation sites (tertiary alicyclic amines) is 1. The van der Waals surface area contributed by atoms with Crippen LogP contribution in [0.5, 0.6) is 0 Å². The van der Waals surface area contributed by atoms with Gasteiger partial charge in [-0.25, -0.2) is 9.78 Å². The normalized spacial score (nSPS) is 22.4. The lowest BCUT2D eigenvalue weighted by molar-refractivity contribution is -0.157. The molecule has 10 nitrogen and oxygen atoms in total. The van der Waals surface area contributed by atoms with Crippen molar-refractivity contribution < 1.29 is 19.1 Å². The SMILES string of the molecule is [C-]#[N+]c1ncc(N2CCCC(CC(=O)OC(C)(C)C)C2C(=O)OC)nc1Nc1ccc(C2(C)CCN(C3CCCC3)CC2)cc1. The zero-order valence-electron chi connectivity index (χ0n) is 27.5. The summed E-state index contributed by atoms with van der Waals surface area (Å²) in [6.07, 6.45) is 10.8. The first-order valence-electron chi connectivity index (χ1n) is 16.4. The number of benzene rings is 1. The van der Waals surface area contributed by atoms with Gasteiger partial charge in [0.05, 0.1) is 13.5 Å². The van der Waals surface area contributed by atoms with Crippen LogP contribution in [-0.4, -0.2) is 71.2 Å². The molecular weight excluding hydrogens is 568 g/mol. The van der Waals surface area contributed by atoms with Crippen LogP contribution in [0.4, 0.5) is 23.1 Å². The number of esters is 2. The van der Waals surface area contributed by atoms with E-state index >= 15 is 0 Å². The van der Waals surface area contributed by atoms with Gasteiger partial charge in [-0.05, 0) is 95.5 Å². The van der Waals surface area contributed by atoms with E-state index in [-0.39, 0.29) is 29.5 Å². The molecule has 1 aromatic heterocycles. The van der Waals surface area contributed by atoms with Gasteiger partial charge in [0.1, 0.15) is 11.6 Å². The van der Waals surface area contributed by atoms with Crippen molar-refractivity contribution in [3.63, 3.8) is 0 Å². The van der Waals surface area contributed by atoms with Crippen LogP contribution in [0.25, 0.3) is 4.85 Å². The molecule has 2 atom stereocenters. The number of carbonyl (C=O) groups is 2. The van der Waals surface area contributed by atoms with Crippen LogP contribution < -0.4 is 10.2 Å². The van der Waals surface area contributed by atoms with Crippen LogP contribution in [0.3, 0.4) is 0 Å². The molecule has 1 aliphatic carbocycles. The summed E-state index contributed by atoms with van der Waals surface area (Å²) in [4.78, 5) is 43.1. The first-order chi connectivity index (χ1) is 21.5. The van der Waals surface area contributed by atoms with E-state index in [2.05, 4.69) is 39.1 Å². The molecule has 2 aromatic rings. The van der Waals surface area contributed by atoms with Crippen molar-refractivity contribution in [3.8, 4) is 0 Å². The summed E-state index contributed by atoms with van der Waals surface area (Å²) in [6, 6.07) is 8.50. The van der Waals surface area contributed by atoms with Gasteiger partial charge in [-0.3, -0.25) is 4.79 Å². The van der Waals surface area contributed by atoms with Crippen molar-refractivity contribution in [1.82, 2.24) is 14.9 Å². The summed E-state index contributed by atoms with van der Waals surface area (Å²) in [5.41, 5.74) is 1.67. The highest BCUT2D eigenvalue weighted by molar-refractivity contribution is 5.82. The zero-order chi connectivity index (χ0) is 32.2. The lowest BCUT2D eigenvalue weighted by Gasteiger charge is -2.42. The van der Waals surface area contributed by atoms with E-state index in [4.69, 9.17) is 21.0 Å². The van der Waals surface area contributed by atoms with E-state index < -0.39 is 17.6 Å². The van der Waals surface area contributed by atoms with E-state index in [0.717, 1.165) is 44.1 Å². The van der Waals surface area contributed by atoms with Gasteiger partial charge in [-0.2, -0.15) is 0 Å². The molecular formula is C35H48N6O4. The van der Waals surface area contributed by atoms with Crippen LogP contribution >= 0.6 is 0 Å². The Balaban J connectivity index is 1.31. The summed E-state index contributed by atoms with van der Waals surface area (Å²) >= 11 is 0. The fourth-order valence-electron chi connectivity index (χ4n) is 7.29. The molecule has 0 spiro atoms. The number of anilines is 3. The van der Waals surface area contributed by atoms with Gasteiger partial charge >= 0.3 is 17.8 Å². The molecule has 1 saturated carbocycles. The molecule has 5 rings (SSSR count). The third-order valence-electron chi connectivity index (χ3n) is 9.78. The van der Waals surface area contributed by atoms with Crippen LogP contribution in [0, 0.1) is 12.5 Å².